The van der Waals surface area contributed by atoms with E-state index < -0.39 is 10.7 Å². The first-order chi connectivity index (χ1) is 9.61. The summed E-state index contributed by atoms with van der Waals surface area (Å²) in [6.45, 7) is 0.432. The lowest BCUT2D eigenvalue weighted by molar-refractivity contribution is -0.385. The Kier molecular flexibility index (Phi) is 4.89. The summed E-state index contributed by atoms with van der Waals surface area (Å²) in [5.41, 5.74) is 5.83. The van der Waals surface area contributed by atoms with Crippen molar-refractivity contribution in [3.8, 4) is 0 Å². The predicted molar refractivity (Wildman–Crippen MR) is 76.1 cm³/mol. The molecule has 0 spiro atoms. The molecule has 1 saturated carbocycles. The molecular formula is C14H20FN3O2. The van der Waals surface area contributed by atoms with E-state index in [0.717, 1.165) is 18.9 Å². The quantitative estimate of drug-likeness (QED) is 0.642. The number of anilines is 1. The molecule has 0 heterocycles. The van der Waals surface area contributed by atoms with Crippen molar-refractivity contribution in [2.75, 3.05) is 11.9 Å². The minimum absolute atomic E-state index is 0.0197. The van der Waals surface area contributed by atoms with Crippen LogP contribution in [0, 0.1) is 21.8 Å². The molecule has 1 unspecified atom stereocenters. The first kappa shape index (κ1) is 14.7. The van der Waals surface area contributed by atoms with Crippen molar-refractivity contribution in [1.29, 1.82) is 0 Å². The molecule has 6 heteroatoms. The van der Waals surface area contributed by atoms with Crippen molar-refractivity contribution >= 4 is 11.4 Å². The number of nitro groups is 1. The number of hydrogen-bond donors (Lipinski definition) is 2. The lowest BCUT2D eigenvalue weighted by Gasteiger charge is -2.30. The van der Waals surface area contributed by atoms with Crippen LogP contribution in [0.5, 0.6) is 0 Å². The summed E-state index contributed by atoms with van der Waals surface area (Å²) in [4.78, 5) is 9.99. The highest BCUT2D eigenvalue weighted by molar-refractivity contribution is 5.50. The Labute approximate surface area is 117 Å². The number of nitro benzene ring substituents is 1. The van der Waals surface area contributed by atoms with Crippen molar-refractivity contribution in [3.63, 3.8) is 0 Å². The van der Waals surface area contributed by atoms with Crippen LogP contribution >= 0.6 is 0 Å². The highest BCUT2D eigenvalue weighted by Gasteiger charge is 2.23. The van der Waals surface area contributed by atoms with E-state index in [-0.39, 0.29) is 17.4 Å². The van der Waals surface area contributed by atoms with Crippen LogP contribution in [0.4, 0.5) is 15.8 Å². The summed E-state index contributed by atoms with van der Waals surface area (Å²) in [5.74, 6) is -0.156. The number of nitrogens with two attached hydrogens (primary N) is 1. The van der Waals surface area contributed by atoms with Gasteiger partial charge in [0.1, 0.15) is 0 Å². The van der Waals surface area contributed by atoms with Gasteiger partial charge in [-0.3, -0.25) is 10.1 Å². The standard InChI is InChI=1S/C14H20FN3O2/c15-12-8-11(18(19)20)6-7-13(12)17-14(9-16)10-4-2-1-3-5-10/h6-8,10,14,17H,1-5,9,16H2. The van der Waals surface area contributed by atoms with Gasteiger partial charge in [0.05, 0.1) is 16.7 Å². The average Bonchev–Trinajstić information content (AvgIpc) is 2.46. The SMILES string of the molecule is NCC(Nc1ccc([N+](=O)[O-])cc1F)C1CCCCC1. The summed E-state index contributed by atoms with van der Waals surface area (Å²) >= 11 is 0. The second kappa shape index (κ2) is 6.65. The van der Waals surface area contributed by atoms with Gasteiger partial charge in [0.2, 0.25) is 0 Å². The summed E-state index contributed by atoms with van der Waals surface area (Å²) in [7, 11) is 0. The number of rotatable bonds is 5. The average molecular weight is 281 g/mol. The van der Waals surface area contributed by atoms with Crippen molar-refractivity contribution in [2.45, 2.75) is 38.1 Å². The van der Waals surface area contributed by atoms with Crippen LogP contribution in [-0.2, 0) is 0 Å². The third kappa shape index (κ3) is 3.45. The molecule has 0 radical (unpaired) electrons. The molecule has 3 N–H and O–H groups in total. The van der Waals surface area contributed by atoms with Gasteiger partial charge < -0.3 is 11.1 Å². The Hall–Kier alpha value is -1.69. The third-order valence-electron chi connectivity index (χ3n) is 3.98. The minimum Gasteiger partial charge on any atom is -0.378 e. The van der Waals surface area contributed by atoms with Crippen LogP contribution < -0.4 is 11.1 Å². The van der Waals surface area contributed by atoms with Gasteiger partial charge in [-0.2, -0.15) is 0 Å². The monoisotopic (exact) mass is 281 g/mol. The van der Waals surface area contributed by atoms with E-state index in [1.165, 1.54) is 31.4 Å². The number of halogens is 1. The molecular weight excluding hydrogens is 261 g/mol. The van der Waals surface area contributed by atoms with Crippen LogP contribution in [-0.4, -0.2) is 17.5 Å². The van der Waals surface area contributed by atoms with E-state index in [1.807, 2.05) is 0 Å². The number of hydrogen-bond acceptors (Lipinski definition) is 4. The van der Waals surface area contributed by atoms with E-state index in [2.05, 4.69) is 5.32 Å². The zero-order chi connectivity index (χ0) is 14.5. The van der Waals surface area contributed by atoms with Crippen LogP contribution in [0.2, 0.25) is 0 Å². The predicted octanol–water partition coefficient (Wildman–Crippen LogP) is 3.05. The van der Waals surface area contributed by atoms with Gasteiger partial charge in [0, 0.05) is 18.7 Å². The van der Waals surface area contributed by atoms with E-state index in [9.17, 15) is 14.5 Å². The highest BCUT2D eigenvalue weighted by Crippen LogP contribution is 2.29. The normalized spacial score (nSPS) is 17.7. The fourth-order valence-electron chi connectivity index (χ4n) is 2.84. The molecule has 1 aliphatic rings. The van der Waals surface area contributed by atoms with Crippen molar-refractivity contribution < 1.29 is 9.31 Å². The van der Waals surface area contributed by atoms with E-state index in [1.54, 1.807) is 0 Å². The van der Waals surface area contributed by atoms with Gasteiger partial charge >= 0.3 is 0 Å². The van der Waals surface area contributed by atoms with Gasteiger partial charge in [-0.15, -0.1) is 0 Å². The largest absolute Gasteiger partial charge is 0.378 e. The molecule has 1 atom stereocenters. The second-order valence-electron chi connectivity index (χ2n) is 5.31. The Bertz CT molecular complexity index is 475. The molecule has 0 aliphatic heterocycles. The first-order valence-corrected chi connectivity index (χ1v) is 7.02. The summed E-state index contributed by atoms with van der Waals surface area (Å²) in [5, 5.41) is 13.7. The van der Waals surface area contributed by atoms with E-state index in [0.29, 0.717) is 12.5 Å². The highest BCUT2D eigenvalue weighted by atomic mass is 19.1. The first-order valence-electron chi connectivity index (χ1n) is 7.02. The van der Waals surface area contributed by atoms with Crippen LogP contribution in [0.1, 0.15) is 32.1 Å². The van der Waals surface area contributed by atoms with Crippen molar-refractivity contribution in [2.24, 2.45) is 11.7 Å². The smallest absolute Gasteiger partial charge is 0.272 e. The lowest BCUT2D eigenvalue weighted by atomic mass is 9.84. The molecule has 1 fully saturated rings. The maximum atomic E-state index is 13.9. The Balaban J connectivity index is 2.08. The lowest BCUT2D eigenvalue weighted by Crippen LogP contribution is -2.37. The summed E-state index contributed by atoms with van der Waals surface area (Å²) < 4.78 is 13.9. The summed E-state index contributed by atoms with van der Waals surface area (Å²) in [6, 6.07) is 3.68. The fraction of sp³-hybridized carbons (Fsp3) is 0.571. The van der Waals surface area contributed by atoms with Gasteiger partial charge in [0.15, 0.2) is 5.82 Å². The molecule has 0 bridgehead atoms. The molecule has 0 saturated heterocycles. The zero-order valence-electron chi connectivity index (χ0n) is 11.3. The molecule has 20 heavy (non-hydrogen) atoms. The van der Waals surface area contributed by atoms with Crippen molar-refractivity contribution in [3.05, 3.63) is 34.1 Å². The minimum atomic E-state index is -0.603. The Morgan fingerprint density at radius 1 is 1.40 bits per heavy atom. The molecule has 1 aromatic carbocycles. The third-order valence-corrected chi connectivity index (χ3v) is 3.98. The summed E-state index contributed by atoms with van der Waals surface area (Å²) in [6.07, 6.45) is 5.82. The van der Waals surface area contributed by atoms with E-state index in [4.69, 9.17) is 5.73 Å². The molecule has 0 amide bonds. The molecule has 1 aliphatic carbocycles. The van der Waals surface area contributed by atoms with Gasteiger partial charge in [-0.1, -0.05) is 19.3 Å². The Morgan fingerprint density at radius 3 is 2.65 bits per heavy atom. The van der Waals surface area contributed by atoms with Gasteiger partial charge in [-0.25, -0.2) is 4.39 Å². The second-order valence-corrected chi connectivity index (χ2v) is 5.31. The van der Waals surface area contributed by atoms with Crippen molar-refractivity contribution in [1.82, 2.24) is 0 Å². The molecule has 1 aromatic rings. The fourth-order valence-corrected chi connectivity index (χ4v) is 2.84. The van der Waals surface area contributed by atoms with Gasteiger partial charge in [-0.05, 0) is 24.8 Å². The topological polar surface area (TPSA) is 81.2 Å². The zero-order valence-corrected chi connectivity index (χ0v) is 11.3. The maximum Gasteiger partial charge on any atom is 0.272 e. The van der Waals surface area contributed by atoms with Crippen LogP contribution in [0.25, 0.3) is 0 Å². The number of nitrogens with zero attached hydrogens (tertiary/aromatic N) is 1. The van der Waals surface area contributed by atoms with Gasteiger partial charge in [0.25, 0.3) is 5.69 Å². The molecule has 110 valence electrons. The number of benzene rings is 1. The number of nitrogens with one attached hydrogen (secondary N) is 1. The molecule has 2 rings (SSSR count). The molecule has 5 nitrogen and oxygen atoms in total. The maximum absolute atomic E-state index is 13.9. The van der Waals surface area contributed by atoms with Crippen LogP contribution in [0.15, 0.2) is 18.2 Å². The number of non-ortho nitro benzene ring substituents is 1. The van der Waals surface area contributed by atoms with E-state index >= 15 is 0 Å². The van der Waals surface area contributed by atoms with Crippen LogP contribution in [0.3, 0.4) is 0 Å². The Morgan fingerprint density at radius 2 is 2.10 bits per heavy atom. The molecule has 0 aromatic heterocycles.